The maximum Gasteiger partial charge on any atom is 0.228 e. The number of carbonyl (C=O) groups excluding carboxylic acids is 1. The summed E-state index contributed by atoms with van der Waals surface area (Å²) < 4.78 is 10.2. The van der Waals surface area contributed by atoms with Crippen molar-refractivity contribution in [2.24, 2.45) is 0 Å². The molecule has 14 nitrogen and oxygen atoms in total. The fourth-order valence-electron chi connectivity index (χ4n) is 2.28. The Bertz CT molecular complexity index is 475. The third-order valence-corrected chi connectivity index (χ3v) is 4.20. The van der Waals surface area contributed by atoms with E-state index < -0.39 is 93.4 Å². The Morgan fingerprint density at radius 3 is 1.53 bits per heavy atom. The van der Waals surface area contributed by atoms with Crippen molar-refractivity contribution in [2.75, 3.05) is 33.0 Å². The maximum atomic E-state index is 12.5. The average molecular weight is 448 g/mol. The van der Waals surface area contributed by atoms with E-state index in [0.717, 1.165) is 6.92 Å². The predicted molar refractivity (Wildman–Crippen MR) is 94.6 cm³/mol. The van der Waals surface area contributed by atoms with Crippen LogP contribution in [-0.4, -0.2) is 150 Å². The van der Waals surface area contributed by atoms with Gasteiger partial charge in [-0.25, -0.2) is 0 Å². The van der Waals surface area contributed by atoms with E-state index in [0.29, 0.717) is 0 Å². The molecule has 0 rings (SSSR count). The van der Waals surface area contributed by atoms with Gasteiger partial charge >= 0.3 is 0 Å². The molecule has 4 unspecified atom stereocenters. The van der Waals surface area contributed by atoms with Gasteiger partial charge in [-0.1, -0.05) is 0 Å². The quantitative estimate of drug-likeness (QED) is 0.0981. The molecule has 0 saturated carbocycles. The number of rotatable bonds is 16. The highest BCUT2D eigenvalue weighted by Gasteiger charge is 2.52. The molecule has 0 bridgehead atoms. The number of ketones is 1. The number of Topliss-reactive ketones (excluding diaryl/α,β-unsaturated/α-hetero) is 1. The zero-order valence-electron chi connectivity index (χ0n) is 16.3. The van der Waals surface area contributed by atoms with Crippen LogP contribution in [0.1, 0.15) is 6.92 Å². The van der Waals surface area contributed by atoms with Crippen molar-refractivity contribution in [1.82, 2.24) is 0 Å². The van der Waals surface area contributed by atoms with E-state index >= 15 is 0 Å². The van der Waals surface area contributed by atoms with Gasteiger partial charge in [0, 0.05) is 0 Å². The molecule has 0 saturated heterocycles. The molecule has 0 aliphatic heterocycles. The summed E-state index contributed by atoms with van der Waals surface area (Å²) in [5.41, 5.74) is 0. The van der Waals surface area contributed by atoms with E-state index in [9.17, 15) is 45.6 Å². The molecule has 0 aromatic rings. The minimum Gasteiger partial charge on any atom is -0.394 e. The van der Waals surface area contributed by atoms with Gasteiger partial charge in [0.05, 0.1) is 33.0 Å². The summed E-state index contributed by atoms with van der Waals surface area (Å²) in [6.07, 6.45) is -16.7. The normalized spacial score (nSPS) is 22.3. The zero-order chi connectivity index (χ0) is 23.6. The van der Waals surface area contributed by atoms with E-state index in [1.54, 1.807) is 0 Å². The molecular formula is C16H32O14. The van der Waals surface area contributed by atoms with Crippen LogP contribution in [0.5, 0.6) is 0 Å². The Balaban J connectivity index is 5.78. The number of hydrogen-bond donors (Lipinski definition) is 11. The van der Waals surface area contributed by atoms with Gasteiger partial charge in [0.2, 0.25) is 5.79 Å². The Morgan fingerprint density at radius 1 is 0.767 bits per heavy atom. The van der Waals surface area contributed by atoms with Gasteiger partial charge in [-0.3, -0.25) is 4.79 Å². The summed E-state index contributed by atoms with van der Waals surface area (Å²) in [5.74, 6) is -4.42. The van der Waals surface area contributed by atoms with Crippen molar-refractivity contribution >= 4 is 5.78 Å². The molecule has 0 spiro atoms. The van der Waals surface area contributed by atoms with Crippen LogP contribution >= 0.6 is 0 Å². The molecule has 30 heavy (non-hydrogen) atoms. The second-order valence-corrected chi connectivity index (χ2v) is 6.67. The molecule has 0 radical (unpaired) electrons. The topological polar surface area (TPSA) is 258 Å². The highest BCUT2D eigenvalue weighted by molar-refractivity contribution is 5.88. The van der Waals surface area contributed by atoms with Crippen LogP contribution in [-0.2, 0) is 14.3 Å². The number of hydrogen-bond acceptors (Lipinski definition) is 14. The Labute approximate surface area is 171 Å². The average Bonchev–Trinajstić information content (AvgIpc) is 2.75. The van der Waals surface area contributed by atoms with E-state index in [2.05, 4.69) is 0 Å². The number of carbonyl (C=O) groups is 1. The van der Waals surface area contributed by atoms with Gasteiger partial charge in [0.25, 0.3) is 0 Å². The predicted octanol–water partition coefficient (Wildman–Crippen LogP) is -6.83. The summed E-state index contributed by atoms with van der Waals surface area (Å²) in [6.45, 7) is -3.28. The molecule has 0 aromatic heterocycles. The first-order chi connectivity index (χ1) is 13.9. The van der Waals surface area contributed by atoms with Crippen molar-refractivity contribution < 1.29 is 70.4 Å². The van der Waals surface area contributed by atoms with E-state index in [1.165, 1.54) is 0 Å². The van der Waals surface area contributed by atoms with Gasteiger partial charge in [-0.15, -0.1) is 0 Å². The summed E-state index contributed by atoms with van der Waals surface area (Å²) in [6, 6.07) is 0. The van der Waals surface area contributed by atoms with Gasteiger partial charge < -0.3 is 65.6 Å². The third kappa shape index (κ3) is 7.69. The second-order valence-electron chi connectivity index (χ2n) is 6.67. The van der Waals surface area contributed by atoms with Crippen molar-refractivity contribution in [3.8, 4) is 0 Å². The molecule has 14 heteroatoms. The van der Waals surface area contributed by atoms with E-state index in [1.807, 2.05) is 0 Å². The molecule has 11 N–H and O–H groups in total. The molecule has 0 heterocycles. The van der Waals surface area contributed by atoms with Crippen molar-refractivity contribution in [1.29, 1.82) is 0 Å². The molecule has 0 fully saturated rings. The number of aliphatic hydroxyl groups excluding tert-OH is 11. The third-order valence-electron chi connectivity index (χ3n) is 4.20. The highest BCUT2D eigenvalue weighted by atomic mass is 16.7. The summed E-state index contributed by atoms with van der Waals surface area (Å²) in [7, 11) is 0. The molecule has 0 amide bonds. The lowest BCUT2D eigenvalue weighted by Gasteiger charge is -2.40. The fourth-order valence-corrected chi connectivity index (χ4v) is 2.28. The van der Waals surface area contributed by atoms with Crippen LogP contribution in [0.25, 0.3) is 0 Å². The fraction of sp³-hybridized carbons (Fsp3) is 0.938. The zero-order valence-corrected chi connectivity index (χ0v) is 16.3. The van der Waals surface area contributed by atoms with Crippen LogP contribution in [0.4, 0.5) is 0 Å². The lowest BCUT2D eigenvalue weighted by atomic mass is 9.92. The monoisotopic (exact) mass is 448 g/mol. The van der Waals surface area contributed by atoms with Gasteiger partial charge in [-0.05, 0) is 6.92 Å². The van der Waals surface area contributed by atoms with Crippen LogP contribution in [0, 0.1) is 0 Å². The smallest absolute Gasteiger partial charge is 0.228 e. The van der Waals surface area contributed by atoms with Crippen molar-refractivity contribution in [3.63, 3.8) is 0 Å². The minimum atomic E-state index is -2.76. The number of aliphatic hydroxyl groups is 11. The number of ether oxygens (including phenoxy) is 2. The summed E-state index contributed by atoms with van der Waals surface area (Å²) in [5, 5.41) is 105. The Hall–Kier alpha value is -0.850. The molecule has 0 aliphatic rings. The maximum absolute atomic E-state index is 12.5. The first-order valence-corrected chi connectivity index (χ1v) is 8.98. The van der Waals surface area contributed by atoms with Crippen LogP contribution in [0.2, 0.25) is 0 Å². The first-order valence-electron chi connectivity index (χ1n) is 8.98. The van der Waals surface area contributed by atoms with E-state index in [4.69, 9.17) is 24.8 Å². The largest absolute Gasteiger partial charge is 0.394 e. The SMILES string of the molecule is CC(O)C(OCC(O)CO)(OCC(O)CO)C(O)C(=O)[C@H](O)[C@@H](O)[C@H](O)[C@H](O)CO. The van der Waals surface area contributed by atoms with Crippen molar-refractivity contribution in [3.05, 3.63) is 0 Å². The van der Waals surface area contributed by atoms with Gasteiger partial charge in [0.1, 0.15) is 42.7 Å². The lowest BCUT2D eigenvalue weighted by Crippen LogP contribution is -2.63. The van der Waals surface area contributed by atoms with Gasteiger partial charge in [-0.2, -0.15) is 0 Å². The Morgan fingerprint density at radius 2 is 1.20 bits per heavy atom. The van der Waals surface area contributed by atoms with Gasteiger partial charge in [0.15, 0.2) is 11.9 Å². The minimum absolute atomic E-state index is 0.800. The Kier molecular flexibility index (Phi) is 13.2. The molecule has 8 atom stereocenters. The molecular weight excluding hydrogens is 416 g/mol. The van der Waals surface area contributed by atoms with Crippen LogP contribution in [0.3, 0.4) is 0 Å². The summed E-state index contributed by atoms with van der Waals surface area (Å²) in [4.78, 5) is 12.5. The standard InChI is InChI=1S/C16H32O14/c1-7(20)16(29-5-8(21)2-17,30-6-9(22)3-18)15(28)14(27)13(26)12(25)11(24)10(23)4-19/h7-13,15,17-26,28H,2-6H2,1H3/t7?,8?,9?,10-,11-,12+,13-,15?,16?/m1/s1. The lowest BCUT2D eigenvalue weighted by molar-refractivity contribution is -0.325. The van der Waals surface area contributed by atoms with Crippen LogP contribution < -0.4 is 0 Å². The van der Waals surface area contributed by atoms with Crippen LogP contribution in [0.15, 0.2) is 0 Å². The first kappa shape index (κ1) is 29.1. The van der Waals surface area contributed by atoms with E-state index in [-0.39, 0.29) is 0 Å². The molecule has 0 aliphatic carbocycles. The molecule has 0 aromatic carbocycles. The highest BCUT2D eigenvalue weighted by Crippen LogP contribution is 2.27. The van der Waals surface area contributed by atoms with Crippen molar-refractivity contribution in [2.45, 2.75) is 61.5 Å². The molecule has 180 valence electrons. The summed E-state index contributed by atoms with van der Waals surface area (Å²) >= 11 is 0. The second kappa shape index (κ2) is 13.5.